The van der Waals surface area contributed by atoms with Gasteiger partial charge < -0.3 is 5.11 Å². The Morgan fingerprint density at radius 2 is 2.25 bits per heavy atom. The fourth-order valence-electron chi connectivity index (χ4n) is 1.27. The van der Waals surface area contributed by atoms with Crippen LogP contribution < -0.4 is 0 Å². The van der Waals surface area contributed by atoms with Crippen molar-refractivity contribution in [3.63, 3.8) is 0 Å². The van der Waals surface area contributed by atoms with Crippen molar-refractivity contribution in [1.29, 1.82) is 0 Å². The molecule has 1 aliphatic rings. The van der Waals surface area contributed by atoms with E-state index < -0.39 is 5.60 Å². The third kappa shape index (κ3) is 1.14. The zero-order chi connectivity index (χ0) is 8.77. The van der Waals surface area contributed by atoms with Gasteiger partial charge in [0.05, 0.1) is 11.8 Å². The molecular formula is C9H14N2O. The molecule has 0 atom stereocenters. The third-order valence-corrected chi connectivity index (χ3v) is 2.39. The Kier molecular flexibility index (Phi) is 1.51. The lowest BCUT2D eigenvalue weighted by Crippen LogP contribution is -2.03. The predicted molar refractivity (Wildman–Crippen MR) is 45.7 cm³/mol. The summed E-state index contributed by atoms with van der Waals surface area (Å²) in [6.07, 6.45) is 5.48. The van der Waals surface area contributed by atoms with Crippen molar-refractivity contribution >= 4 is 0 Å². The van der Waals surface area contributed by atoms with Gasteiger partial charge in [-0.3, -0.25) is 4.68 Å². The summed E-state index contributed by atoms with van der Waals surface area (Å²) in [5, 5.41) is 13.9. The second kappa shape index (κ2) is 2.33. The molecular weight excluding hydrogens is 152 g/mol. The zero-order valence-electron chi connectivity index (χ0n) is 7.49. The summed E-state index contributed by atoms with van der Waals surface area (Å²) in [4.78, 5) is 0. The van der Waals surface area contributed by atoms with Gasteiger partial charge in [-0.15, -0.1) is 0 Å². The molecule has 0 radical (unpaired) electrons. The van der Waals surface area contributed by atoms with Crippen LogP contribution in [0.25, 0.3) is 0 Å². The Morgan fingerprint density at radius 1 is 1.58 bits per heavy atom. The quantitative estimate of drug-likeness (QED) is 0.722. The van der Waals surface area contributed by atoms with E-state index in [4.69, 9.17) is 0 Å². The highest BCUT2D eigenvalue weighted by molar-refractivity contribution is 5.21. The fourth-order valence-corrected chi connectivity index (χ4v) is 1.27. The van der Waals surface area contributed by atoms with Crippen molar-refractivity contribution < 1.29 is 5.11 Å². The van der Waals surface area contributed by atoms with E-state index in [1.807, 2.05) is 10.9 Å². The Labute approximate surface area is 72.0 Å². The molecule has 0 amide bonds. The van der Waals surface area contributed by atoms with Gasteiger partial charge in [0.25, 0.3) is 0 Å². The molecule has 66 valence electrons. The highest BCUT2D eigenvalue weighted by atomic mass is 16.3. The summed E-state index contributed by atoms with van der Waals surface area (Å²) in [6, 6.07) is 0.376. The van der Waals surface area contributed by atoms with E-state index in [-0.39, 0.29) is 0 Å². The van der Waals surface area contributed by atoms with Gasteiger partial charge in [0.2, 0.25) is 0 Å². The molecule has 0 spiro atoms. The van der Waals surface area contributed by atoms with E-state index in [0.29, 0.717) is 6.04 Å². The van der Waals surface area contributed by atoms with Crippen molar-refractivity contribution in [3.8, 4) is 0 Å². The molecule has 1 saturated carbocycles. The summed E-state index contributed by atoms with van der Waals surface area (Å²) < 4.78 is 1.88. The minimum absolute atomic E-state index is 0.376. The van der Waals surface area contributed by atoms with Crippen LogP contribution in [0, 0.1) is 0 Å². The molecule has 3 heteroatoms. The number of nitrogens with zero attached hydrogens (tertiary/aromatic N) is 2. The van der Waals surface area contributed by atoms with E-state index in [0.717, 1.165) is 18.4 Å². The number of hydrogen-bond acceptors (Lipinski definition) is 2. The summed E-state index contributed by atoms with van der Waals surface area (Å²) in [5.41, 5.74) is 0.434. The first kappa shape index (κ1) is 7.80. The smallest absolute Gasteiger partial charge is 0.0929 e. The highest BCUT2D eigenvalue weighted by Crippen LogP contribution is 2.45. The van der Waals surface area contributed by atoms with Gasteiger partial charge in [-0.05, 0) is 26.7 Å². The molecule has 1 heterocycles. The maximum absolute atomic E-state index is 9.74. The van der Waals surface area contributed by atoms with Gasteiger partial charge >= 0.3 is 0 Å². The number of aliphatic hydroxyl groups is 1. The topological polar surface area (TPSA) is 38.0 Å². The van der Waals surface area contributed by atoms with E-state index in [2.05, 4.69) is 18.9 Å². The van der Waals surface area contributed by atoms with Crippen LogP contribution in [-0.4, -0.2) is 14.9 Å². The van der Waals surface area contributed by atoms with E-state index >= 15 is 0 Å². The van der Waals surface area contributed by atoms with Crippen molar-refractivity contribution in [1.82, 2.24) is 9.78 Å². The van der Waals surface area contributed by atoms with Gasteiger partial charge in [-0.2, -0.15) is 5.10 Å². The van der Waals surface area contributed by atoms with Crippen LogP contribution in [0.5, 0.6) is 0 Å². The van der Waals surface area contributed by atoms with Crippen LogP contribution in [0.4, 0.5) is 0 Å². The first-order valence-corrected chi connectivity index (χ1v) is 4.39. The summed E-state index contributed by atoms with van der Waals surface area (Å²) >= 11 is 0. The maximum Gasteiger partial charge on any atom is 0.0929 e. The molecule has 1 fully saturated rings. The Bertz CT molecular complexity index is 286. The first-order valence-electron chi connectivity index (χ1n) is 4.39. The molecule has 0 aromatic carbocycles. The highest BCUT2D eigenvalue weighted by Gasteiger charge is 2.43. The second-order valence-electron chi connectivity index (χ2n) is 3.83. The number of rotatable bonds is 2. The van der Waals surface area contributed by atoms with Gasteiger partial charge in [0, 0.05) is 17.8 Å². The first-order chi connectivity index (χ1) is 5.62. The minimum atomic E-state index is -0.535. The summed E-state index contributed by atoms with van der Waals surface area (Å²) in [7, 11) is 0. The molecule has 2 rings (SSSR count). The predicted octanol–water partition coefficient (Wildman–Crippen LogP) is 1.45. The summed E-state index contributed by atoms with van der Waals surface area (Å²) in [5.74, 6) is 0. The molecule has 0 saturated heterocycles. The van der Waals surface area contributed by atoms with Crippen LogP contribution in [0.2, 0.25) is 0 Å². The molecule has 0 unspecified atom stereocenters. The van der Waals surface area contributed by atoms with E-state index in [9.17, 15) is 5.11 Å². The molecule has 1 aromatic heterocycles. The largest absolute Gasteiger partial charge is 0.385 e. The SMILES string of the molecule is CC(C)n1cc(C2(O)CC2)cn1. The van der Waals surface area contributed by atoms with Crippen molar-refractivity contribution in [2.75, 3.05) is 0 Å². The Hall–Kier alpha value is -0.830. The van der Waals surface area contributed by atoms with Crippen molar-refractivity contribution in [2.45, 2.75) is 38.3 Å². The van der Waals surface area contributed by atoms with Crippen LogP contribution >= 0.6 is 0 Å². The van der Waals surface area contributed by atoms with Crippen LogP contribution in [0.15, 0.2) is 12.4 Å². The molecule has 0 aliphatic heterocycles. The molecule has 1 N–H and O–H groups in total. The van der Waals surface area contributed by atoms with E-state index in [1.54, 1.807) is 6.20 Å². The standard InChI is InChI=1S/C9H14N2O/c1-7(2)11-6-8(5-10-11)9(12)3-4-9/h5-7,12H,3-4H2,1-2H3. The molecule has 1 aliphatic carbocycles. The Balaban J connectivity index is 2.25. The second-order valence-corrected chi connectivity index (χ2v) is 3.83. The van der Waals surface area contributed by atoms with Crippen molar-refractivity contribution in [3.05, 3.63) is 18.0 Å². The molecule has 1 aromatic rings. The van der Waals surface area contributed by atoms with Crippen LogP contribution in [-0.2, 0) is 5.60 Å². The maximum atomic E-state index is 9.74. The lowest BCUT2D eigenvalue weighted by atomic mass is 10.2. The average Bonchev–Trinajstić information content (AvgIpc) is 2.61. The number of aromatic nitrogens is 2. The molecule has 0 bridgehead atoms. The lowest BCUT2D eigenvalue weighted by Gasteiger charge is -2.04. The molecule has 12 heavy (non-hydrogen) atoms. The average molecular weight is 166 g/mol. The lowest BCUT2D eigenvalue weighted by molar-refractivity contribution is 0.151. The van der Waals surface area contributed by atoms with Gasteiger partial charge in [0.1, 0.15) is 0 Å². The minimum Gasteiger partial charge on any atom is -0.385 e. The van der Waals surface area contributed by atoms with Crippen LogP contribution in [0.3, 0.4) is 0 Å². The Morgan fingerprint density at radius 3 is 2.67 bits per heavy atom. The van der Waals surface area contributed by atoms with E-state index in [1.165, 1.54) is 0 Å². The fraction of sp³-hybridized carbons (Fsp3) is 0.667. The van der Waals surface area contributed by atoms with Crippen molar-refractivity contribution in [2.24, 2.45) is 0 Å². The van der Waals surface area contributed by atoms with Gasteiger partial charge in [-0.1, -0.05) is 0 Å². The number of hydrogen-bond donors (Lipinski definition) is 1. The third-order valence-electron chi connectivity index (χ3n) is 2.39. The molecule has 3 nitrogen and oxygen atoms in total. The summed E-state index contributed by atoms with van der Waals surface area (Å²) in [6.45, 7) is 4.15. The van der Waals surface area contributed by atoms with Gasteiger partial charge in [0.15, 0.2) is 0 Å². The normalized spacial score (nSPS) is 20.0. The van der Waals surface area contributed by atoms with Crippen LogP contribution in [0.1, 0.15) is 38.3 Å². The van der Waals surface area contributed by atoms with Gasteiger partial charge in [-0.25, -0.2) is 0 Å². The zero-order valence-corrected chi connectivity index (χ0v) is 7.49. The monoisotopic (exact) mass is 166 g/mol.